The fourth-order valence-electron chi connectivity index (χ4n) is 4.12. The van der Waals surface area contributed by atoms with Crippen molar-refractivity contribution < 1.29 is 14.6 Å². The zero-order valence-corrected chi connectivity index (χ0v) is 17.8. The lowest BCUT2D eigenvalue weighted by Gasteiger charge is -2.26. The van der Waals surface area contributed by atoms with Gasteiger partial charge in [-0.2, -0.15) is 0 Å². The van der Waals surface area contributed by atoms with Crippen molar-refractivity contribution in [1.82, 2.24) is 14.6 Å². The Morgan fingerprint density at radius 3 is 2.77 bits per heavy atom. The molecule has 8 heteroatoms. The van der Waals surface area contributed by atoms with Crippen molar-refractivity contribution >= 4 is 32.9 Å². The van der Waals surface area contributed by atoms with Crippen LogP contribution in [0.15, 0.2) is 36.5 Å². The molecule has 1 aromatic carbocycles. The van der Waals surface area contributed by atoms with E-state index in [4.69, 9.17) is 14.6 Å². The molecule has 156 valence electrons. The van der Waals surface area contributed by atoms with Gasteiger partial charge < -0.3 is 19.9 Å². The summed E-state index contributed by atoms with van der Waals surface area (Å²) in [6, 6.07) is 10.3. The minimum absolute atomic E-state index is 0.226. The van der Waals surface area contributed by atoms with Gasteiger partial charge >= 0.3 is 0 Å². The lowest BCUT2D eigenvalue weighted by atomic mass is 9.93. The number of imidazole rings is 1. The quantitative estimate of drug-likeness (QED) is 0.496. The average Bonchev–Trinajstić information content (AvgIpc) is 3.35. The fourth-order valence-corrected chi connectivity index (χ4v) is 5.18. The van der Waals surface area contributed by atoms with Gasteiger partial charge in [-0.1, -0.05) is 0 Å². The van der Waals surface area contributed by atoms with Gasteiger partial charge in [-0.05, 0) is 55.3 Å². The number of methoxy groups -OCH3 is 2. The second-order valence-electron chi connectivity index (χ2n) is 7.65. The second kappa shape index (κ2) is 7.77. The molecule has 0 saturated heterocycles. The lowest BCUT2D eigenvalue weighted by Crippen LogP contribution is -2.30. The van der Waals surface area contributed by atoms with Crippen LogP contribution in [-0.2, 0) is 0 Å². The van der Waals surface area contributed by atoms with Gasteiger partial charge in [-0.15, -0.1) is 16.4 Å². The molecule has 2 unspecified atom stereocenters. The molecule has 2 atom stereocenters. The molecule has 1 aliphatic carbocycles. The van der Waals surface area contributed by atoms with Gasteiger partial charge in [0.2, 0.25) is 0 Å². The molecule has 30 heavy (non-hydrogen) atoms. The normalized spacial score (nSPS) is 19.3. The topological polar surface area (TPSA) is 80.9 Å². The molecule has 2 N–H and O–H groups in total. The van der Waals surface area contributed by atoms with Crippen molar-refractivity contribution in [3.8, 4) is 22.1 Å². The van der Waals surface area contributed by atoms with Crippen molar-refractivity contribution in [2.45, 2.75) is 37.8 Å². The molecular weight excluding hydrogens is 400 g/mol. The number of aliphatic hydroxyl groups is 1. The number of benzene rings is 1. The highest BCUT2D eigenvalue weighted by Crippen LogP contribution is 2.39. The Morgan fingerprint density at radius 2 is 1.97 bits per heavy atom. The van der Waals surface area contributed by atoms with Crippen LogP contribution in [0.4, 0.5) is 5.82 Å². The zero-order valence-electron chi connectivity index (χ0n) is 17.0. The maximum atomic E-state index is 9.94. The van der Waals surface area contributed by atoms with Gasteiger partial charge in [0.05, 0.1) is 31.4 Å². The number of hydrogen-bond donors (Lipinski definition) is 2. The van der Waals surface area contributed by atoms with Crippen molar-refractivity contribution in [2.75, 3.05) is 19.5 Å². The maximum absolute atomic E-state index is 9.94. The molecule has 0 bridgehead atoms. The van der Waals surface area contributed by atoms with Gasteiger partial charge in [-0.25, -0.2) is 9.50 Å². The van der Waals surface area contributed by atoms with E-state index in [0.717, 1.165) is 63.6 Å². The van der Waals surface area contributed by atoms with E-state index in [2.05, 4.69) is 16.4 Å². The summed E-state index contributed by atoms with van der Waals surface area (Å²) in [6.45, 7) is 0. The smallest absolute Gasteiger partial charge is 0.162 e. The molecule has 1 aliphatic rings. The molecule has 4 aromatic rings. The summed E-state index contributed by atoms with van der Waals surface area (Å²) < 4.78 is 13.9. The van der Waals surface area contributed by atoms with Crippen molar-refractivity contribution in [3.63, 3.8) is 0 Å². The highest BCUT2D eigenvalue weighted by Gasteiger charge is 2.21. The van der Waals surface area contributed by atoms with Gasteiger partial charge in [0.25, 0.3) is 0 Å². The van der Waals surface area contributed by atoms with Gasteiger partial charge in [-0.3, -0.25) is 0 Å². The first kappa shape index (κ1) is 19.1. The first-order valence-electron chi connectivity index (χ1n) is 10.1. The Labute approximate surface area is 178 Å². The van der Waals surface area contributed by atoms with E-state index in [-0.39, 0.29) is 12.1 Å². The third-order valence-corrected chi connectivity index (χ3v) is 6.76. The summed E-state index contributed by atoms with van der Waals surface area (Å²) in [5.41, 5.74) is 1.74. The summed E-state index contributed by atoms with van der Waals surface area (Å²) in [6.07, 6.45) is 5.36. The molecule has 0 spiro atoms. The molecule has 1 fully saturated rings. The molecule has 0 amide bonds. The van der Waals surface area contributed by atoms with Crippen LogP contribution in [0.5, 0.6) is 11.5 Å². The average molecular weight is 425 g/mol. The molecule has 3 heterocycles. The number of ether oxygens (including phenoxy) is 2. The molecule has 0 aliphatic heterocycles. The van der Waals surface area contributed by atoms with E-state index < -0.39 is 0 Å². The van der Waals surface area contributed by atoms with Crippen LogP contribution in [0.3, 0.4) is 0 Å². The van der Waals surface area contributed by atoms with Crippen LogP contribution in [0, 0.1) is 0 Å². The van der Waals surface area contributed by atoms with Gasteiger partial charge in [0.1, 0.15) is 11.5 Å². The number of thiophene rings is 1. The molecule has 7 nitrogen and oxygen atoms in total. The maximum Gasteiger partial charge on any atom is 0.162 e. The Kier molecular flexibility index (Phi) is 4.96. The van der Waals surface area contributed by atoms with E-state index in [1.807, 2.05) is 35.0 Å². The van der Waals surface area contributed by atoms with Crippen LogP contribution < -0.4 is 14.8 Å². The van der Waals surface area contributed by atoms with Crippen molar-refractivity contribution in [3.05, 3.63) is 36.5 Å². The summed E-state index contributed by atoms with van der Waals surface area (Å²) in [5.74, 6) is 2.23. The summed E-state index contributed by atoms with van der Waals surface area (Å²) in [4.78, 5) is 5.60. The highest BCUT2D eigenvalue weighted by molar-refractivity contribution is 7.22. The highest BCUT2D eigenvalue weighted by atomic mass is 32.1. The summed E-state index contributed by atoms with van der Waals surface area (Å²) in [7, 11) is 3.29. The Balaban J connectivity index is 1.51. The Bertz CT molecular complexity index is 1160. The van der Waals surface area contributed by atoms with E-state index in [1.165, 1.54) is 0 Å². The zero-order chi connectivity index (χ0) is 20.7. The largest absolute Gasteiger partial charge is 0.493 e. The molecule has 5 rings (SSSR count). The number of fused-ring (bicyclic) bond motifs is 2. The monoisotopic (exact) mass is 424 g/mol. The number of nitrogens with one attached hydrogen (secondary N) is 1. The number of aliphatic hydroxyl groups excluding tert-OH is 1. The van der Waals surface area contributed by atoms with E-state index in [9.17, 15) is 5.11 Å². The molecule has 0 radical (unpaired) electrons. The van der Waals surface area contributed by atoms with Gasteiger partial charge in [0, 0.05) is 16.8 Å². The van der Waals surface area contributed by atoms with Gasteiger partial charge in [0.15, 0.2) is 17.1 Å². The van der Waals surface area contributed by atoms with Crippen LogP contribution in [0.1, 0.15) is 25.7 Å². The Morgan fingerprint density at radius 1 is 1.13 bits per heavy atom. The fraction of sp³-hybridized carbons (Fsp3) is 0.364. The van der Waals surface area contributed by atoms with Crippen molar-refractivity contribution in [2.24, 2.45) is 0 Å². The predicted molar refractivity (Wildman–Crippen MR) is 119 cm³/mol. The first-order valence-corrected chi connectivity index (χ1v) is 10.9. The second-order valence-corrected chi connectivity index (χ2v) is 8.73. The van der Waals surface area contributed by atoms with E-state index >= 15 is 0 Å². The number of anilines is 1. The Hall–Kier alpha value is -2.84. The molecule has 1 saturated carbocycles. The predicted octanol–water partition coefficient (Wildman–Crippen LogP) is 4.34. The van der Waals surface area contributed by atoms with Crippen LogP contribution in [0.25, 0.3) is 26.3 Å². The van der Waals surface area contributed by atoms with E-state index in [0.29, 0.717) is 5.75 Å². The van der Waals surface area contributed by atoms with Crippen LogP contribution in [-0.4, -0.2) is 46.1 Å². The number of rotatable bonds is 5. The SMILES string of the molecule is COc1cc2cc(-c3cnc4ccc(NC5CCCC(O)C5)nn34)sc2cc1OC. The summed E-state index contributed by atoms with van der Waals surface area (Å²) >= 11 is 1.67. The molecule has 3 aromatic heterocycles. The third kappa shape index (κ3) is 3.46. The number of aromatic nitrogens is 3. The summed E-state index contributed by atoms with van der Waals surface area (Å²) in [5, 5.41) is 19.3. The van der Waals surface area contributed by atoms with Crippen molar-refractivity contribution in [1.29, 1.82) is 0 Å². The van der Waals surface area contributed by atoms with Crippen LogP contribution >= 0.6 is 11.3 Å². The first-order chi connectivity index (χ1) is 14.6. The minimum Gasteiger partial charge on any atom is -0.493 e. The van der Waals surface area contributed by atoms with E-state index in [1.54, 1.807) is 25.6 Å². The van der Waals surface area contributed by atoms with Crippen LogP contribution in [0.2, 0.25) is 0 Å². The lowest BCUT2D eigenvalue weighted by molar-refractivity contribution is 0.124. The molecular formula is C22H24N4O3S. The number of nitrogens with zero attached hydrogens (tertiary/aromatic N) is 3. The third-order valence-electron chi connectivity index (χ3n) is 5.64. The minimum atomic E-state index is -0.226. The number of hydrogen-bond acceptors (Lipinski definition) is 7. The standard InChI is InChI=1S/C22H24N4O3S/c1-28-17-8-13-9-20(30-19(13)11-18(17)29-2)16-12-23-22-7-6-21(25-26(16)22)24-14-4-3-5-15(27)10-14/h6-9,11-12,14-15,27H,3-5,10H2,1-2H3,(H,24,25).